The maximum absolute atomic E-state index is 14.5. The van der Waals surface area contributed by atoms with E-state index in [0.29, 0.717) is 52.0 Å². The van der Waals surface area contributed by atoms with Crippen LogP contribution in [0.25, 0.3) is 0 Å². The van der Waals surface area contributed by atoms with Crippen LogP contribution in [-0.4, -0.2) is 48.3 Å². The summed E-state index contributed by atoms with van der Waals surface area (Å²) in [6, 6.07) is 15.0. The Morgan fingerprint density at radius 1 is 1.07 bits per heavy atom. The summed E-state index contributed by atoms with van der Waals surface area (Å²) in [7, 11) is 1.48. The minimum Gasteiger partial charge on any atom is -0.497 e. The van der Waals surface area contributed by atoms with Gasteiger partial charge in [0.1, 0.15) is 17.5 Å². The minimum absolute atomic E-state index is 0.314. The van der Waals surface area contributed by atoms with Crippen molar-refractivity contribution in [2.24, 2.45) is 5.16 Å². The fraction of sp³-hybridized carbons (Fsp3) is 0.364. The number of fused-ring (bicyclic) bond motifs is 2. The third kappa shape index (κ3) is 7.01. The minimum atomic E-state index is -4.88. The second kappa shape index (κ2) is 12.4. The second-order valence-corrected chi connectivity index (χ2v) is 12.2. The molecule has 0 aromatic heterocycles. The molecule has 2 aliphatic rings. The quantitative estimate of drug-likeness (QED) is 0.162. The van der Waals surface area contributed by atoms with Crippen LogP contribution in [0.1, 0.15) is 62.8 Å². The number of carbonyl (C=O) groups is 2. The van der Waals surface area contributed by atoms with Gasteiger partial charge in [-0.15, -0.1) is 13.2 Å². The molecule has 0 bridgehead atoms. The van der Waals surface area contributed by atoms with E-state index < -0.39 is 35.6 Å². The summed E-state index contributed by atoms with van der Waals surface area (Å²) in [5.41, 5.74) is 1.33. The number of hydrogen-bond acceptors (Lipinski definition) is 7. The molecular formula is C33H33ClF3N3O6. The lowest BCUT2D eigenvalue weighted by Gasteiger charge is -2.27. The maximum Gasteiger partial charge on any atom is 0.573 e. The van der Waals surface area contributed by atoms with Gasteiger partial charge >= 0.3 is 12.3 Å². The number of nitrogens with zero attached hydrogens (tertiary/aromatic N) is 2. The lowest BCUT2D eigenvalue weighted by atomic mass is 9.99. The first-order valence-corrected chi connectivity index (χ1v) is 14.9. The monoisotopic (exact) mass is 659 g/mol. The van der Waals surface area contributed by atoms with E-state index >= 15 is 0 Å². The van der Waals surface area contributed by atoms with Crippen LogP contribution in [0.4, 0.5) is 24.5 Å². The van der Waals surface area contributed by atoms with Crippen molar-refractivity contribution in [2.75, 3.05) is 23.9 Å². The van der Waals surface area contributed by atoms with E-state index in [1.807, 2.05) is 6.92 Å². The number of aliphatic carboxylic acids is 1. The Morgan fingerprint density at radius 2 is 1.76 bits per heavy atom. The predicted octanol–water partition coefficient (Wildman–Crippen LogP) is 7.47. The van der Waals surface area contributed by atoms with Crippen molar-refractivity contribution in [1.29, 1.82) is 0 Å². The Balaban J connectivity index is 1.53. The summed E-state index contributed by atoms with van der Waals surface area (Å²) < 4.78 is 49.0. The first kappa shape index (κ1) is 32.9. The number of nitrogens with one attached hydrogen (secondary N) is 1. The molecule has 46 heavy (non-hydrogen) atoms. The van der Waals surface area contributed by atoms with Crippen molar-refractivity contribution in [3.05, 3.63) is 82.4 Å². The molecule has 1 unspecified atom stereocenters. The van der Waals surface area contributed by atoms with Crippen molar-refractivity contribution in [2.45, 2.75) is 63.5 Å². The van der Waals surface area contributed by atoms with Gasteiger partial charge in [-0.1, -0.05) is 41.9 Å². The van der Waals surface area contributed by atoms with Gasteiger partial charge in [0.05, 0.1) is 18.5 Å². The number of methoxy groups -OCH3 is 1. The zero-order chi connectivity index (χ0) is 33.4. The van der Waals surface area contributed by atoms with Gasteiger partial charge < -0.3 is 29.6 Å². The van der Waals surface area contributed by atoms with Crippen LogP contribution in [-0.2, 0) is 19.8 Å². The predicted molar refractivity (Wildman–Crippen MR) is 167 cm³/mol. The number of halogens is 4. The first-order valence-electron chi connectivity index (χ1n) is 14.6. The van der Waals surface area contributed by atoms with Crippen LogP contribution < -0.4 is 19.7 Å². The van der Waals surface area contributed by atoms with Crippen molar-refractivity contribution in [3.63, 3.8) is 0 Å². The molecule has 1 heterocycles. The average molecular weight is 660 g/mol. The molecule has 1 saturated carbocycles. The van der Waals surface area contributed by atoms with E-state index in [1.54, 1.807) is 48.5 Å². The van der Waals surface area contributed by atoms with E-state index in [4.69, 9.17) is 21.2 Å². The van der Waals surface area contributed by atoms with Gasteiger partial charge in [0.25, 0.3) is 5.91 Å². The maximum atomic E-state index is 14.5. The second-order valence-electron chi connectivity index (χ2n) is 11.8. The standard InChI is InChI=1S/C33H33ClF3N3O6/c1-5-26(39-46-31(2,3)30(42)43)20-14-22(16-24(15-20)44-4)38-28(19-6-8-21(34)9-7-19)29(41)40-18-32(12-13-32)25-11-10-23(17-27(25)40)45-33(35,36)37/h6-11,14-17,28,38H,5,12-13,18H2,1-4H3,(H,42,43). The Morgan fingerprint density at radius 3 is 2.35 bits per heavy atom. The molecule has 1 amide bonds. The van der Waals surface area contributed by atoms with Crippen molar-refractivity contribution in [1.82, 2.24) is 0 Å². The van der Waals surface area contributed by atoms with Gasteiger partial charge in [-0.3, -0.25) is 4.79 Å². The van der Waals surface area contributed by atoms with Crippen molar-refractivity contribution < 1.29 is 42.2 Å². The van der Waals surface area contributed by atoms with Gasteiger partial charge in [0, 0.05) is 40.4 Å². The van der Waals surface area contributed by atoms with Gasteiger partial charge in [-0.05, 0) is 74.6 Å². The summed E-state index contributed by atoms with van der Waals surface area (Å²) >= 11 is 6.16. The molecule has 244 valence electrons. The molecule has 9 nitrogen and oxygen atoms in total. The Kier molecular flexibility index (Phi) is 8.87. The number of benzene rings is 3. The smallest absolute Gasteiger partial charge is 0.497 e. The largest absolute Gasteiger partial charge is 0.573 e. The molecule has 1 aliphatic carbocycles. The van der Waals surface area contributed by atoms with Crippen LogP contribution in [0.5, 0.6) is 11.5 Å². The fourth-order valence-electron chi connectivity index (χ4n) is 5.39. The van der Waals surface area contributed by atoms with Crippen LogP contribution in [0.15, 0.2) is 65.8 Å². The van der Waals surface area contributed by atoms with E-state index in [9.17, 15) is 27.9 Å². The highest BCUT2D eigenvalue weighted by molar-refractivity contribution is 6.30. The molecule has 1 atom stereocenters. The summed E-state index contributed by atoms with van der Waals surface area (Å²) in [4.78, 5) is 32.9. The number of hydrogen-bond donors (Lipinski definition) is 2. The number of carboxylic acids is 1. The molecular weight excluding hydrogens is 627 g/mol. The van der Waals surface area contributed by atoms with Gasteiger partial charge in [-0.2, -0.15) is 0 Å². The highest BCUT2D eigenvalue weighted by atomic mass is 35.5. The molecule has 3 aromatic rings. The van der Waals surface area contributed by atoms with E-state index in [2.05, 4.69) is 15.2 Å². The van der Waals surface area contributed by atoms with Crippen LogP contribution >= 0.6 is 11.6 Å². The topological polar surface area (TPSA) is 110 Å². The molecule has 1 aliphatic heterocycles. The molecule has 3 aromatic carbocycles. The average Bonchev–Trinajstić information content (AvgIpc) is 3.71. The summed E-state index contributed by atoms with van der Waals surface area (Å²) in [6.45, 7) is 4.91. The van der Waals surface area contributed by atoms with Crippen LogP contribution in [0.2, 0.25) is 5.02 Å². The Hall–Kier alpha value is -4.45. The summed E-state index contributed by atoms with van der Waals surface area (Å²) in [5, 5.41) is 17.3. The van der Waals surface area contributed by atoms with E-state index in [-0.39, 0.29) is 5.41 Å². The lowest BCUT2D eigenvalue weighted by Crippen LogP contribution is -2.38. The molecule has 2 N–H and O–H groups in total. The highest BCUT2D eigenvalue weighted by Gasteiger charge is 2.54. The molecule has 0 radical (unpaired) electrons. The number of oxime groups is 1. The molecule has 1 spiro atoms. The SMILES string of the molecule is CCC(=NOC(C)(C)C(=O)O)c1cc(NC(C(=O)N2CC3(CC3)c3ccc(OC(F)(F)F)cc32)c2ccc(Cl)cc2)cc(OC)c1. The lowest BCUT2D eigenvalue weighted by molar-refractivity contribution is -0.274. The number of carboxylic acid groups (broad SMARTS) is 1. The Labute approximate surface area is 268 Å². The van der Waals surface area contributed by atoms with Crippen molar-refractivity contribution >= 4 is 40.6 Å². The zero-order valence-electron chi connectivity index (χ0n) is 25.6. The van der Waals surface area contributed by atoms with Crippen LogP contribution in [0, 0.1) is 0 Å². The Bertz CT molecular complexity index is 1670. The third-order valence-electron chi connectivity index (χ3n) is 8.12. The number of amides is 1. The first-order chi connectivity index (χ1) is 21.6. The normalized spacial score (nSPS) is 16.1. The number of carbonyl (C=O) groups excluding carboxylic acids is 1. The number of alkyl halides is 3. The number of anilines is 2. The third-order valence-corrected chi connectivity index (χ3v) is 8.37. The molecule has 0 saturated heterocycles. The summed E-state index contributed by atoms with van der Waals surface area (Å²) in [6.07, 6.45) is -2.88. The highest BCUT2D eigenvalue weighted by Crippen LogP contribution is 2.57. The van der Waals surface area contributed by atoms with Gasteiger partial charge in [0.15, 0.2) is 0 Å². The number of rotatable bonds is 11. The molecule has 13 heteroatoms. The van der Waals surface area contributed by atoms with E-state index in [1.165, 1.54) is 38.0 Å². The van der Waals surface area contributed by atoms with E-state index in [0.717, 1.165) is 18.4 Å². The number of ether oxygens (including phenoxy) is 2. The zero-order valence-corrected chi connectivity index (χ0v) is 26.3. The molecule has 5 rings (SSSR count). The molecule has 1 fully saturated rings. The van der Waals surface area contributed by atoms with Crippen LogP contribution in [0.3, 0.4) is 0 Å². The summed E-state index contributed by atoms with van der Waals surface area (Å²) in [5.74, 6) is -1.55. The fourth-order valence-corrected chi connectivity index (χ4v) is 5.52. The van der Waals surface area contributed by atoms with Gasteiger partial charge in [-0.25, -0.2) is 4.79 Å². The van der Waals surface area contributed by atoms with Gasteiger partial charge in [0.2, 0.25) is 5.60 Å². The van der Waals surface area contributed by atoms with Crippen molar-refractivity contribution in [3.8, 4) is 11.5 Å².